The SMILES string of the molecule is Cc1ccc(C(=O)Nc2cccc(CNC(=O)CCCN)c2)cc1.Cl. The molecule has 0 aliphatic heterocycles. The Balaban J connectivity index is 0.00000312. The molecule has 0 atom stereocenters. The topological polar surface area (TPSA) is 84.2 Å². The number of hydrogen-bond acceptors (Lipinski definition) is 3. The zero-order chi connectivity index (χ0) is 17.4. The number of benzene rings is 2. The summed E-state index contributed by atoms with van der Waals surface area (Å²) in [5.74, 6) is -0.173. The van der Waals surface area contributed by atoms with Gasteiger partial charge in [0.1, 0.15) is 0 Å². The third-order valence-corrected chi connectivity index (χ3v) is 3.60. The van der Waals surface area contributed by atoms with Crippen molar-refractivity contribution in [2.24, 2.45) is 5.73 Å². The fourth-order valence-corrected chi connectivity index (χ4v) is 2.22. The summed E-state index contributed by atoms with van der Waals surface area (Å²) in [6.07, 6.45) is 1.11. The molecule has 0 unspecified atom stereocenters. The maximum absolute atomic E-state index is 12.2. The van der Waals surface area contributed by atoms with Crippen LogP contribution in [0.2, 0.25) is 0 Å². The number of carbonyl (C=O) groups is 2. The Bertz CT molecular complexity index is 702. The zero-order valence-corrected chi connectivity index (χ0v) is 15.1. The van der Waals surface area contributed by atoms with Crippen molar-refractivity contribution in [1.29, 1.82) is 0 Å². The summed E-state index contributed by atoms with van der Waals surface area (Å²) in [4.78, 5) is 23.8. The lowest BCUT2D eigenvalue weighted by Gasteiger charge is -2.09. The van der Waals surface area contributed by atoms with Gasteiger partial charge in [0, 0.05) is 24.2 Å². The summed E-state index contributed by atoms with van der Waals surface area (Å²) >= 11 is 0. The molecule has 0 bridgehead atoms. The van der Waals surface area contributed by atoms with E-state index in [2.05, 4.69) is 10.6 Å². The van der Waals surface area contributed by atoms with Gasteiger partial charge in [0.15, 0.2) is 0 Å². The van der Waals surface area contributed by atoms with Gasteiger partial charge in [0.2, 0.25) is 5.91 Å². The van der Waals surface area contributed by atoms with Gasteiger partial charge in [-0.1, -0.05) is 29.8 Å². The van der Waals surface area contributed by atoms with Gasteiger partial charge in [-0.15, -0.1) is 12.4 Å². The highest BCUT2D eigenvalue weighted by Crippen LogP contribution is 2.13. The van der Waals surface area contributed by atoms with Gasteiger partial charge < -0.3 is 16.4 Å². The van der Waals surface area contributed by atoms with Crippen LogP contribution < -0.4 is 16.4 Å². The van der Waals surface area contributed by atoms with Crippen LogP contribution in [-0.2, 0) is 11.3 Å². The van der Waals surface area contributed by atoms with Crippen LogP contribution in [0.1, 0.15) is 34.3 Å². The minimum absolute atomic E-state index is 0. The molecule has 0 aliphatic carbocycles. The molecule has 2 aromatic rings. The van der Waals surface area contributed by atoms with E-state index >= 15 is 0 Å². The molecule has 0 aromatic heterocycles. The minimum Gasteiger partial charge on any atom is -0.352 e. The molecule has 0 heterocycles. The summed E-state index contributed by atoms with van der Waals surface area (Å²) in [6.45, 7) is 2.92. The molecule has 2 amide bonds. The van der Waals surface area contributed by atoms with Gasteiger partial charge >= 0.3 is 0 Å². The monoisotopic (exact) mass is 361 g/mol. The van der Waals surface area contributed by atoms with Crippen molar-refractivity contribution in [3.8, 4) is 0 Å². The summed E-state index contributed by atoms with van der Waals surface area (Å²) in [7, 11) is 0. The molecule has 0 radical (unpaired) electrons. The highest BCUT2D eigenvalue weighted by molar-refractivity contribution is 6.04. The molecule has 2 aromatic carbocycles. The van der Waals surface area contributed by atoms with Crippen LogP contribution in [0.5, 0.6) is 0 Å². The first-order valence-electron chi connectivity index (χ1n) is 8.02. The maximum atomic E-state index is 12.2. The van der Waals surface area contributed by atoms with Crippen LogP contribution in [0.15, 0.2) is 48.5 Å². The molecule has 0 fully saturated rings. The number of rotatable bonds is 7. The van der Waals surface area contributed by atoms with E-state index in [0.717, 1.165) is 11.1 Å². The Kier molecular flexibility index (Phi) is 8.67. The van der Waals surface area contributed by atoms with Gasteiger partial charge in [-0.05, 0) is 49.7 Å². The van der Waals surface area contributed by atoms with Gasteiger partial charge in [0.05, 0.1) is 0 Å². The van der Waals surface area contributed by atoms with E-state index in [9.17, 15) is 9.59 Å². The van der Waals surface area contributed by atoms with Crippen molar-refractivity contribution in [1.82, 2.24) is 5.32 Å². The van der Waals surface area contributed by atoms with E-state index in [1.807, 2.05) is 43.3 Å². The number of nitrogens with two attached hydrogens (primary N) is 1. The number of hydrogen-bond donors (Lipinski definition) is 3. The molecule has 6 heteroatoms. The standard InChI is InChI=1S/C19H23N3O2.ClH/c1-14-7-9-16(10-8-14)19(24)22-17-5-2-4-15(12-17)13-21-18(23)6-3-11-20;/h2,4-5,7-10,12H,3,6,11,13,20H2,1H3,(H,21,23)(H,22,24);1H. The highest BCUT2D eigenvalue weighted by Gasteiger charge is 2.06. The van der Waals surface area contributed by atoms with Crippen LogP contribution in [-0.4, -0.2) is 18.4 Å². The van der Waals surface area contributed by atoms with E-state index in [1.165, 1.54) is 0 Å². The maximum Gasteiger partial charge on any atom is 0.255 e. The van der Waals surface area contributed by atoms with E-state index < -0.39 is 0 Å². The molecule has 4 N–H and O–H groups in total. The van der Waals surface area contributed by atoms with Gasteiger partial charge in [-0.2, -0.15) is 0 Å². The highest BCUT2D eigenvalue weighted by atomic mass is 35.5. The van der Waals surface area contributed by atoms with Crippen molar-refractivity contribution < 1.29 is 9.59 Å². The normalized spacial score (nSPS) is 9.84. The Morgan fingerprint density at radius 2 is 1.80 bits per heavy atom. The van der Waals surface area contributed by atoms with Crippen LogP contribution in [0.25, 0.3) is 0 Å². The molecule has 134 valence electrons. The predicted molar refractivity (Wildman–Crippen MR) is 103 cm³/mol. The quantitative estimate of drug-likeness (QED) is 0.708. The van der Waals surface area contributed by atoms with Crippen molar-refractivity contribution in [3.63, 3.8) is 0 Å². The van der Waals surface area contributed by atoms with Gasteiger partial charge in [-0.3, -0.25) is 9.59 Å². The van der Waals surface area contributed by atoms with Crippen molar-refractivity contribution in [3.05, 3.63) is 65.2 Å². The molecule has 0 spiro atoms. The number of anilines is 1. The smallest absolute Gasteiger partial charge is 0.255 e. The van der Waals surface area contributed by atoms with Crippen LogP contribution >= 0.6 is 12.4 Å². The minimum atomic E-state index is -0.154. The zero-order valence-electron chi connectivity index (χ0n) is 14.2. The molecular formula is C19H24ClN3O2. The fraction of sp³-hybridized carbons (Fsp3) is 0.263. The molecule has 2 rings (SSSR count). The van der Waals surface area contributed by atoms with Crippen LogP contribution in [0.3, 0.4) is 0 Å². The summed E-state index contributed by atoms with van der Waals surface area (Å²) in [5.41, 5.74) is 8.74. The lowest BCUT2D eigenvalue weighted by atomic mass is 10.1. The third-order valence-electron chi connectivity index (χ3n) is 3.60. The Labute approximate surface area is 154 Å². The van der Waals surface area contributed by atoms with Crippen molar-refractivity contribution in [2.45, 2.75) is 26.3 Å². The number of aryl methyl sites for hydroxylation is 1. The summed E-state index contributed by atoms with van der Waals surface area (Å²) in [6, 6.07) is 14.8. The van der Waals surface area contributed by atoms with E-state index in [-0.39, 0.29) is 24.2 Å². The average molecular weight is 362 g/mol. The molecule has 0 saturated heterocycles. The Morgan fingerprint density at radius 1 is 1.08 bits per heavy atom. The molecule has 0 saturated carbocycles. The first-order chi connectivity index (χ1) is 11.6. The summed E-state index contributed by atoms with van der Waals surface area (Å²) < 4.78 is 0. The molecule has 5 nitrogen and oxygen atoms in total. The molecular weight excluding hydrogens is 338 g/mol. The average Bonchev–Trinajstić information content (AvgIpc) is 2.59. The molecule has 0 aliphatic rings. The van der Waals surface area contributed by atoms with Gasteiger partial charge in [0.25, 0.3) is 5.91 Å². The second-order valence-electron chi connectivity index (χ2n) is 5.69. The van der Waals surface area contributed by atoms with Crippen molar-refractivity contribution in [2.75, 3.05) is 11.9 Å². The second kappa shape index (κ2) is 10.5. The van der Waals surface area contributed by atoms with E-state index in [0.29, 0.717) is 37.2 Å². The number of nitrogens with one attached hydrogen (secondary N) is 2. The summed E-state index contributed by atoms with van der Waals surface area (Å²) in [5, 5.41) is 5.72. The third kappa shape index (κ3) is 6.95. The molecule has 25 heavy (non-hydrogen) atoms. The first kappa shape index (κ1) is 20.7. The number of halogens is 1. The van der Waals surface area contributed by atoms with Crippen LogP contribution in [0, 0.1) is 6.92 Å². The fourth-order valence-electron chi connectivity index (χ4n) is 2.22. The lowest BCUT2D eigenvalue weighted by Crippen LogP contribution is -2.23. The number of carbonyl (C=O) groups excluding carboxylic acids is 2. The first-order valence-corrected chi connectivity index (χ1v) is 8.02. The van der Waals surface area contributed by atoms with Crippen LogP contribution in [0.4, 0.5) is 5.69 Å². The number of amides is 2. The second-order valence-corrected chi connectivity index (χ2v) is 5.69. The van der Waals surface area contributed by atoms with Crippen molar-refractivity contribution >= 4 is 29.9 Å². The van der Waals surface area contributed by atoms with E-state index in [1.54, 1.807) is 12.1 Å². The lowest BCUT2D eigenvalue weighted by molar-refractivity contribution is -0.121. The Morgan fingerprint density at radius 3 is 2.48 bits per heavy atom. The largest absolute Gasteiger partial charge is 0.352 e. The van der Waals surface area contributed by atoms with Gasteiger partial charge in [-0.25, -0.2) is 0 Å². The predicted octanol–water partition coefficient (Wildman–Crippen LogP) is 3.02. The Hall–Kier alpha value is -2.37. The van der Waals surface area contributed by atoms with E-state index in [4.69, 9.17) is 5.73 Å².